The van der Waals surface area contributed by atoms with E-state index in [4.69, 9.17) is 5.11 Å². The molecular weight excluding hydrogens is 385 g/mol. The van der Waals surface area contributed by atoms with Crippen LogP contribution in [0.5, 0.6) is 0 Å². The zero-order valence-electron chi connectivity index (χ0n) is 9.05. The van der Waals surface area contributed by atoms with E-state index in [2.05, 4.69) is 43.8 Å². The van der Waals surface area contributed by atoms with E-state index in [1.54, 1.807) is 19.9 Å². The lowest BCUT2D eigenvalue weighted by Gasteiger charge is -2.23. The van der Waals surface area contributed by atoms with Gasteiger partial charge in [0.2, 0.25) is 0 Å². The monoisotopic (exact) mass is 397 g/mol. The summed E-state index contributed by atoms with van der Waals surface area (Å²) < 4.78 is 1.81. The van der Waals surface area contributed by atoms with Crippen molar-refractivity contribution in [2.75, 3.05) is 6.61 Å². The number of halogens is 2. The van der Waals surface area contributed by atoms with Gasteiger partial charge in [-0.05, 0) is 54.6 Å². The molecule has 0 fully saturated rings. The number of hydrogen-bond acceptors (Lipinski definition) is 2. The zero-order valence-corrected chi connectivity index (χ0v) is 12.8. The van der Waals surface area contributed by atoms with Gasteiger partial charge in [-0.15, -0.1) is 0 Å². The second-order valence-corrected chi connectivity index (χ2v) is 6.20. The maximum Gasteiger partial charge on any atom is 0.252 e. The molecular formula is C11H13BrINO2. The van der Waals surface area contributed by atoms with Crippen LogP contribution in [0.3, 0.4) is 0 Å². The molecule has 0 bridgehead atoms. The van der Waals surface area contributed by atoms with Gasteiger partial charge in [0, 0.05) is 8.04 Å². The van der Waals surface area contributed by atoms with Gasteiger partial charge in [0.25, 0.3) is 5.91 Å². The third-order valence-corrected chi connectivity index (χ3v) is 3.41. The van der Waals surface area contributed by atoms with E-state index in [9.17, 15) is 4.79 Å². The lowest BCUT2D eigenvalue weighted by atomic mass is 10.1. The summed E-state index contributed by atoms with van der Waals surface area (Å²) in [6, 6.07) is 5.46. The number of benzene rings is 1. The van der Waals surface area contributed by atoms with Gasteiger partial charge in [-0.3, -0.25) is 4.79 Å². The second-order valence-electron chi connectivity index (χ2n) is 4.12. The maximum atomic E-state index is 11.9. The van der Waals surface area contributed by atoms with Crippen LogP contribution in [0.1, 0.15) is 24.2 Å². The molecule has 5 heteroatoms. The van der Waals surface area contributed by atoms with Crippen molar-refractivity contribution in [2.24, 2.45) is 0 Å². The molecule has 1 aromatic carbocycles. The van der Waals surface area contributed by atoms with Gasteiger partial charge in [0.15, 0.2) is 0 Å². The van der Waals surface area contributed by atoms with Crippen molar-refractivity contribution in [1.82, 2.24) is 5.32 Å². The third-order valence-electron chi connectivity index (χ3n) is 2.02. The number of carbonyl (C=O) groups excluding carboxylic acids is 1. The summed E-state index contributed by atoms with van der Waals surface area (Å²) in [5, 5.41) is 11.9. The van der Waals surface area contributed by atoms with E-state index in [0.717, 1.165) is 8.04 Å². The summed E-state index contributed by atoms with van der Waals surface area (Å²) in [6.07, 6.45) is 0. The molecule has 0 atom stereocenters. The molecule has 0 spiro atoms. The molecule has 1 rings (SSSR count). The van der Waals surface area contributed by atoms with Crippen molar-refractivity contribution in [3.05, 3.63) is 31.8 Å². The number of aliphatic hydroxyl groups excluding tert-OH is 1. The van der Waals surface area contributed by atoms with Crippen molar-refractivity contribution < 1.29 is 9.90 Å². The Morgan fingerprint density at radius 2 is 2.19 bits per heavy atom. The first kappa shape index (κ1) is 13.9. The average molecular weight is 398 g/mol. The van der Waals surface area contributed by atoms with Crippen LogP contribution >= 0.6 is 38.5 Å². The molecule has 2 N–H and O–H groups in total. The fourth-order valence-electron chi connectivity index (χ4n) is 1.09. The van der Waals surface area contributed by atoms with Crippen LogP contribution in [-0.4, -0.2) is 23.2 Å². The van der Waals surface area contributed by atoms with Crippen molar-refractivity contribution >= 4 is 44.4 Å². The fourth-order valence-corrected chi connectivity index (χ4v) is 2.64. The Balaban J connectivity index is 2.89. The molecule has 0 radical (unpaired) electrons. The van der Waals surface area contributed by atoms with Gasteiger partial charge in [0.1, 0.15) is 0 Å². The van der Waals surface area contributed by atoms with Gasteiger partial charge >= 0.3 is 0 Å². The predicted octanol–water partition coefficient (Wildman–Crippen LogP) is 2.55. The van der Waals surface area contributed by atoms with E-state index in [1.165, 1.54) is 0 Å². The molecule has 0 saturated heterocycles. The van der Waals surface area contributed by atoms with Crippen LogP contribution in [-0.2, 0) is 0 Å². The average Bonchev–Trinajstić information content (AvgIpc) is 2.16. The number of aliphatic hydroxyl groups is 1. The van der Waals surface area contributed by atoms with Crippen LogP contribution in [0.25, 0.3) is 0 Å². The van der Waals surface area contributed by atoms with E-state index >= 15 is 0 Å². The minimum atomic E-state index is -0.604. The smallest absolute Gasteiger partial charge is 0.252 e. The molecule has 3 nitrogen and oxygen atoms in total. The first-order chi connectivity index (χ1) is 7.35. The van der Waals surface area contributed by atoms with Crippen molar-refractivity contribution in [3.63, 3.8) is 0 Å². The summed E-state index contributed by atoms with van der Waals surface area (Å²) in [7, 11) is 0. The number of hydrogen-bond donors (Lipinski definition) is 2. The van der Waals surface area contributed by atoms with Crippen molar-refractivity contribution in [2.45, 2.75) is 19.4 Å². The third kappa shape index (κ3) is 3.71. The Hall–Kier alpha value is -0.140. The van der Waals surface area contributed by atoms with Crippen LogP contribution < -0.4 is 5.32 Å². The Morgan fingerprint density at radius 1 is 1.56 bits per heavy atom. The minimum Gasteiger partial charge on any atom is -0.394 e. The summed E-state index contributed by atoms with van der Waals surface area (Å²) in [5.41, 5.74) is 0.0121. The SMILES string of the molecule is CC(C)(CO)NC(=O)c1ccc(Br)cc1I. The van der Waals surface area contributed by atoms with Gasteiger partial charge in [-0.25, -0.2) is 0 Å². The van der Waals surface area contributed by atoms with Crippen LogP contribution in [0, 0.1) is 3.57 Å². The minimum absolute atomic E-state index is 0.0914. The number of carbonyl (C=O) groups is 1. The molecule has 0 aliphatic heterocycles. The molecule has 1 aromatic rings. The van der Waals surface area contributed by atoms with Crippen LogP contribution in [0.15, 0.2) is 22.7 Å². The lowest BCUT2D eigenvalue weighted by molar-refractivity contribution is 0.0868. The van der Waals surface area contributed by atoms with Crippen molar-refractivity contribution in [1.29, 1.82) is 0 Å². The lowest BCUT2D eigenvalue weighted by Crippen LogP contribution is -2.46. The Kier molecular flexibility index (Phi) is 4.75. The molecule has 1 amide bonds. The highest BCUT2D eigenvalue weighted by atomic mass is 127. The molecule has 16 heavy (non-hydrogen) atoms. The molecule has 0 saturated carbocycles. The first-order valence-corrected chi connectivity index (χ1v) is 6.61. The summed E-state index contributed by atoms with van der Waals surface area (Å²) in [4.78, 5) is 11.9. The molecule has 0 aliphatic carbocycles. The van der Waals surface area contributed by atoms with E-state index in [1.807, 2.05) is 12.1 Å². The number of nitrogens with one attached hydrogen (secondary N) is 1. The van der Waals surface area contributed by atoms with Gasteiger partial charge in [0.05, 0.1) is 17.7 Å². The zero-order chi connectivity index (χ0) is 12.3. The molecule has 0 heterocycles. The molecule has 0 aliphatic rings. The largest absolute Gasteiger partial charge is 0.394 e. The van der Waals surface area contributed by atoms with Crippen LogP contribution in [0.2, 0.25) is 0 Å². The van der Waals surface area contributed by atoms with Crippen molar-refractivity contribution in [3.8, 4) is 0 Å². The van der Waals surface area contributed by atoms with Gasteiger partial charge < -0.3 is 10.4 Å². The second kappa shape index (κ2) is 5.46. The van der Waals surface area contributed by atoms with E-state index < -0.39 is 5.54 Å². The highest BCUT2D eigenvalue weighted by Gasteiger charge is 2.21. The topological polar surface area (TPSA) is 49.3 Å². The van der Waals surface area contributed by atoms with Gasteiger partial charge in [-0.1, -0.05) is 15.9 Å². The normalized spacial score (nSPS) is 11.3. The summed E-state index contributed by atoms with van der Waals surface area (Å²) in [6.45, 7) is 3.46. The Morgan fingerprint density at radius 3 is 2.69 bits per heavy atom. The van der Waals surface area contributed by atoms with Crippen LogP contribution in [0.4, 0.5) is 0 Å². The number of rotatable bonds is 3. The maximum absolute atomic E-state index is 11.9. The molecule has 0 aromatic heterocycles. The molecule has 88 valence electrons. The van der Waals surface area contributed by atoms with Gasteiger partial charge in [-0.2, -0.15) is 0 Å². The Bertz CT molecular complexity index is 407. The fraction of sp³-hybridized carbons (Fsp3) is 0.364. The van der Waals surface area contributed by atoms with E-state index in [-0.39, 0.29) is 12.5 Å². The highest BCUT2D eigenvalue weighted by molar-refractivity contribution is 14.1. The highest BCUT2D eigenvalue weighted by Crippen LogP contribution is 2.19. The Labute approximate surface area is 117 Å². The standard InChI is InChI=1S/C11H13BrINO2/c1-11(2,6-15)14-10(16)8-4-3-7(12)5-9(8)13/h3-5,15H,6H2,1-2H3,(H,14,16). The first-order valence-electron chi connectivity index (χ1n) is 4.74. The predicted molar refractivity (Wildman–Crippen MR) is 75.5 cm³/mol. The summed E-state index contributed by atoms with van der Waals surface area (Å²) in [5.74, 6) is -0.170. The molecule has 0 unspecified atom stereocenters. The van der Waals surface area contributed by atoms with E-state index in [0.29, 0.717) is 5.56 Å². The summed E-state index contributed by atoms with van der Waals surface area (Å²) >= 11 is 5.46. The number of amides is 1. The quantitative estimate of drug-likeness (QED) is 0.770.